The molecule has 1 fully saturated rings. The molecule has 0 bridgehead atoms. The van der Waals surface area contributed by atoms with Crippen molar-refractivity contribution in [2.24, 2.45) is 5.73 Å². The molecule has 2 atom stereocenters. The first-order valence-electron chi connectivity index (χ1n) is 6.02. The van der Waals surface area contributed by atoms with Crippen LogP contribution in [-0.2, 0) is 9.53 Å². The summed E-state index contributed by atoms with van der Waals surface area (Å²) < 4.78 is 5.53. The third-order valence-corrected chi connectivity index (χ3v) is 3.37. The van der Waals surface area contributed by atoms with Gasteiger partial charge in [0.1, 0.15) is 6.10 Å². The molecule has 0 radical (unpaired) electrons. The van der Waals surface area contributed by atoms with Gasteiger partial charge in [-0.25, -0.2) is 0 Å². The van der Waals surface area contributed by atoms with Crippen molar-refractivity contribution in [1.29, 1.82) is 0 Å². The molecule has 19 heavy (non-hydrogen) atoms. The average molecular weight is 305 g/mol. The van der Waals surface area contributed by atoms with Gasteiger partial charge in [0.25, 0.3) is 5.91 Å². The number of carbonyl (C=O) groups excluding carboxylic acids is 1. The van der Waals surface area contributed by atoms with Gasteiger partial charge >= 0.3 is 0 Å². The van der Waals surface area contributed by atoms with Crippen molar-refractivity contribution in [3.05, 3.63) is 28.8 Å². The van der Waals surface area contributed by atoms with Gasteiger partial charge in [0, 0.05) is 6.54 Å². The van der Waals surface area contributed by atoms with E-state index < -0.39 is 6.10 Å². The number of aryl methyl sites for hydroxylation is 1. The van der Waals surface area contributed by atoms with Crippen molar-refractivity contribution in [2.75, 3.05) is 11.9 Å². The highest BCUT2D eigenvalue weighted by Crippen LogP contribution is 2.25. The van der Waals surface area contributed by atoms with Crippen LogP contribution in [0.2, 0.25) is 5.02 Å². The van der Waals surface area contributed by atoms with Crippen molar-refractivity contribution >= 4 is 35.6 Å². The highest BCUT2D eigenvalue weighted by Gasteiger charge is 2.30. The Balaban J connectivity index is 0.00000180. The Labute approximate surface area is 124 Å². The van der Waals surface area contributed by atoms with Crippen LogP contribution in [0.5, 0.6) is 0 Å². The number of halogens is 2. The smallest absolute Gasteiger partial charge is 0.253 e. The molecule has 6 heteroatoms. The van der Waals surface area contributed by atoms with Crippen LogP contribution in [0.1, 0.15) is 18.4 Å². The Morgan fingerprint density at radius 1 is 1.53 bits per heavy atom. The fourth-order valence-electron chi connectivity index (χ4n) is 2.02. The highest BCUT2D eigenvalue weighted by atomic mass is 35.5. The number of nitrogens with one attached hydrogen (secondary N) is 1. The molecule has 0 unspecified atom stereocenters. The maximum Gasteiger partial charge on any atom is 0.253 e. The van der Waals surface area contributed by atoms with E-state index in [1.807, 2.05) is 19.1 Å². The Bertz CT molecular complexity index is 454. The van der Waals surface area contributed by atoms with Crippen molar-refractivity contribution < 1.29 is 9.53 Å². The normalized spacial score (nSPS) is 21.8. The number of hydrogen-bond acceptors (Lipinski definition) is 3. The minimum atomic E-state index is -0.421. The summed E-state index contributed by atoms with van der Waals surface area (Å²) in [6.07, 6.45) is 1.11. The van der Waals surface area contributed by atoms with Gasteiger partial charge in [0.2, 0.25) is 0 Å². The fourth-order valence-corrected chi connectivity index (χ4v) is 2.18. The van der Waals surface area contributed by atoms with E-state index in [4.69, 9.17) is 22.1 Å². The Hall–Kier alpha value is -0.810. The van der Waals surface area contributed by atoms with Crippen LogP contribution in [0.25, 0.3) is 0 Å². The minimum Gasteiger partial charge on any atom is -0.364 e. The number of amides is 1. The SMILES string of the molecule is Cc1ccc(Cl)c(NC(=O)[C@@H]2CC[C@H](CN)O2)c1.Cl. The summed E-state index contributed by atoms with van der Waals surface area (Å²) in [5.41, 5.74) is 7.18. The molecule has 106 valence electrons. The molecule has 2 rings (SSSR count). The van der Waals surface area contributed by atoms with E-state index in [9.17, 15) is 4.79 Å². The minimum absolute atomic E-state index is 0. The van der Waals surface area contributed by atoms with E-state index in [1.54, 1.807) is 6.07 Å². The Morgan fingerprint density at radius 3 is 2.89 bits per heavy atom. The summed E-state index contributed by atoms with van der Waals surface area (Å²) in [5.74, 6) is -0.154. The summed E-state index contributed by atoms with van der Waals surface area (Å²) in [7, 11) is 0. The Kier molecular flexibility index (Phi) is 6.07. The first-order valence-corrected chi connectivity index (χ1v) is 6.40. The van der Waals surface area contributed by atoms with E-state index in [1.165, 1.54) is 0 Å². The van der Waals surface area contributed by atoms with Gasteiger partial charge in [-0.05, 0) is 37.5 Å². The molecule has 0 aliphatic carbocycles. The van der Waals surface area contributed by atoms with Crippen LogP contribution in [0.3, 0.4) is 0 Å². The number of anilines is 1. The van der Waals surface area contributed by atoms with Gasteiger partial charge in [0.15, 0.2) is 0 Å². The lowest BCUT2D eigenvalue weighted by molar-refractivity contribution is -0.126. The molecule has 4 nitrogen and oxygen atoms in total. The van der Waals surface area contributed by atoms with Crippen LogP contribution in [0.4, 0.5) is 5.69 Å². The second-order valence-electron chi connectivity index (χ2n) is 4.53. The van der Waals surface area contributed by atoms with Crippen molar-refractivity contribution in [2.45, 2.75) is 32.0 Å². The van der Waals surface area contributed by atoms with Gasteiger partial charge in [-0.3, -0.25) is 4.79 Å². The molecule has 3 N–H and O–H groups in total. The lowest BCUT2D eigenvalue weighted by atomic mass is 10.1. The third kappa shape index (κ3) is 4.08. The number of ether oxygens (including phenoxy) is 1. The van der Waals surface area contributed by atoms with Gasteiger partial charge in [0.05, 0.1) is 16.8 Å². The second kappa shape index (κ2) is 7.10. The number of rotatable bonds is 3. The van der Waals surface area contributed by atoms with Crippen LogP contribution in [0, 0.1) is 6.92 Å². The molecule has 1 amide bonds. The maximum absolute atomic E-state index is 12.0. The quantitative estimate of drug-likeness (QED) is 0.902. The van der Waals surface area contributed by atoms with Crippen LogP contribution in [0.15, 0.2) is 18.2 Å². The van der Waals surface area contributed by atoms with Gasteiger partial charge < -0.3 is 15.8 Å². The zero-order valence-corrected chi connectivity index (χ0v) is 12.3. The number of benzene rings is 1. The topological polar surface area (TPSA) is 64.4 Å². The van der Waals surface area contributed by atoms with E-state index >= 15 is 0 Å². The van der Waals surface area contributed by atoms with E-state index in [-0.39, 0.29) is 24.4 Å². The lowest BCUT2D eigenvalue weighted by Gasteiger charge is -2.13. The number of nitrogens with two attached hydrogens (primary N) is 1. The first-order chi connectivity index (χ1) is 8.60. The van der Waals surface area contributed by atoms with Crippen molar-refractivity contribution in [3.63, 3.8) is 0 Å². The van der Waals surface area contributed by atoms with Crippen molar-refractivity contribution in [3.8, 4) is 0 Å². The molecule has 0 saturated carbocycles. The van der Waals surface area contributed by atoms with Gasteiger partial charge in [-0.2, -0.15) is 0 Å². The van der Waals surface area contributed by atoms with E-state index in [0.29, 0.717) is 23.7 Å². The number of hydrogen-bond donors (Lipinski definition) is 2. The zero-order valence-electron chi connectivity index (χ0n) is 10.7. The van der Waals surface area contributed by atoms with E-state index in [2.05, 4.69) is 5.32 Å². The fraction of sp³-hybridized carbons (Fsp3) is 0.462. The molecule has 1 aliphatic heterocycles. The standard InChI is InChI=1S/C13H17ClN2O2.ClH/c1-8-2-4-10(14)11(6-8)16-13(17)12-5-3-9(7-15)18-12;/h2,4,6,9,12H,3,5,7,15H2,1H3,(H,16,17);1H/t9-,12+;/m1./s1. The molecule has 0 spiro atoms. The predicted octanol–water partition coefficient (Wildman–Crippen LogP) is 2.52. The molecule has 1 heterocycles. The molecule has 1 aliphatic rings. The van der Waals surface area contributed by atoms with Crippen molar-refractivity contribution in [1.82, 2.24) is 0 Å². The predicted molar refractivity (Wildman–Crippen MR) is 79.0 cm³/mol. The summed E-state index contributed by atoms with van der Waals surface area (Å²) >= 11 is 6.03. The largest absolute Gasteiger partial charge is 0.364 e. The summed E-state index contributed by atoms with van der Waals surface area (Å²) in [4.78, 5) is 12.0. The van der Waals surface area contributed by atoms with Crippen LogP contribution in [-0.4, -0.2) is 24.7 Å². The van der Waals surface area contributed by atoms with Crippen LogP contribution >= 0.6 is 24.0 Å². The molecular weight excluding hydrogens is 287 g/mol. The second-order valence-corrected chi connectivity index (χ2v) is 4.94. The van der Waals surface area contributed by atoms with Gasteiger partial charge in [-0.1, -0.05) is 17.7 Å². The van der Waals surface area contributed by atoms with E-state index in [0.717, 1.165) is 12.0 Å². The monoisotopic (exact) mass is 304 g/mol. The number of carbonyl (C=O) groups is 1. The molecule has 1 aromatic carbocycles. The van der Waals surface area contributed by atoms with Crippen LogP contribution < -0.4 is 11.1 Å². The molecule has 1 saturated heterocycles. The maximum atomic E-state index is 12.0. The molecule has 1 aromatic rings. The molecule has 0 aromatic heterocycles. The zero-order chi connectivity index (χ0) is 13.1. The van der Waals surface area contributed by atoms with Gasteiger partial charge in [-0.15, -0.1) is 12.4 Å². The Morgan fingerprint density at radius 2 is 2.26 bits per heavy atom. The molecular formula is C13H18Cl2N2O2. The summed E-state index contributed by atoms with van der Waals surface area (Å²) in [6, 6.07) is 5.51. The third-order valence-electron chi connectivity index (χ3n) is 3.04. The lowest BCUT2D eigenvalue weighted by Crippen LogP contribution is -2.29. The highest BCUT2D eigenvalue weighted by molar-refractivity contribution is 6.33. The summed E-state index contributed by atoms with van der Waals surface area (Å²) in [6.45, 7) is 2.40. The summed E-state index contributed by atoms with van der Waals surface area (Å²) in [5, 5.41) is 3.33. The average Bonchev–Trinajstić information content (AvgIpc) is 2.82. The first kappa shape index (κ1) is 16.2.